The van der Waals surface area contributed by atoms with Crippen molar-refractivity contribution < 1.29 is 4.74 Å². The fourth-order valence-electron chi connectivity index (χ4n) is 1.48. The Kier molecular flexibility index (Phi) is 5.82. The summed E-state index contributed by atoms with van der Waals surface area (Å²) in [5.41, 5.74) is 7.39. The van der Waals surface area contributed by atoms with Gasteiger partial charge in [-0.05, 0) is 25.6 Å². The Morgan fingerprint density at radius 3 is 2.81 bits per heavy atom. The lowest BCUT2D eigenvalue weighted by Crippen LogP contribution is -2.23. The third-order valence-corrected chi connectivity index (χ3v) is 2.49. The van der Waals surface area contributed by atoms with Crippen LogP contribution in [-0.4, -0.2) is 43.7 Å². The van der Waals surface area contributed by atoms with Gasteiger partial charge in [-0.25, -0.2) is 0 Å². The van der Waals surface area contributed by atoms with Gasteiger partial charge in [-0.3, -0.25) is 4.98 Å². The Labute approximate surface area is 97.4 Å². The van der Waals surface area contributed by atoms with E-state index < -0.39 is 0 Å². The number of pyridine rings is 1. The fourth-order valence-corrected chi connectivity index (χ4v) is 1.48. The van der Waals surface area contributed by atoms with E-state index in [4.69, 9.17) is 10.5 Å². The van der Waals surface area contributed by atoms with Crippen molar-refractivity contribution in [2.45, 2.75) is 12.8 Å². The lowest BCUT2D eigenvalue weighted by molar-refractivity contribution is 0.179. The summed E-state index contributed by atoms with van der Waals surface area (Å²) in [6.45, 7) is 2.90. The van der Waals surface area contributed by atoms with Crippen LogP contribution in [0.1, 0.15) is 12.1 Å². The van der Waals surface area contributed by atoms with E-state index in [0.29, 0.717) is 0 Å². The van der Waals surface area contributed by atoms with Crippen LogP contribution in [0.5, 0.6) is 0 Å². The van der Waals surface area contributed by atoms with Crippen molar-refractivity contribution >= 4 is 5.69 Å². The highest BCUT2D eigenvalue weighted by molar-refractivity contribution is 5.34. The molecule has 2 N–H and O–H groups in total. The number of methoxy groups -OCH3 is 1. The molecule has 1 heterocycles. The predicted molar refractivity (Wildman–Crippen MR) is 66.3 cm³/mol. The summed E-state index contributed by atoms with van der Waals surface area (Å²) < 4.78 is 5.02. The lowest BCUT2D eigenvalue weighted by atomic mass is 10.2. The molecule has 1 aromatic rings. The molecule has 0 saturated heterocycles. The van der Waals surface area contributed by atoms with Gasteiger partial charge in [-0.2, -0.15) is 0 Å². The summed E-state index contributed by atoms with van der Waals surface area (Å²) in [4.78, 5) is 6.56. The zero-order chi connectivity index (χ0) is 11.8. The van der Waals surface area contributed by atoms with Crippen molar-refractivity contribution in [1.82, 2.24) is 9.88 Å². The number of rotatable bonds is 7. The van der Waals surface area contributed by atoms with E-state index in [-0.39, 0.29) is 0 Å². The van der Waals surface area contributed by atoms with E-state index in [2.05, 4.69) is 16.9 Å². The smallest absolute Gasteiger partial charge is 0.0501 e. The number of hydrogen-bond donors (Lipinski definition) is 1. The van der Waals surface area contributed by atoms with Crippen molar-refractivity contribution in [3.63, 3.8) is 0 Å². The molecule has 1 aromatic heterocycles. The minimum atomic E-state index is 0.720. The number of aromatic nitrogens is 1. The van der Waals surface area contributed by atoms with Crippen LogP contribution in [0, 0.1) is 0 Å². The third-order valence-electron chi connectivity index (χ3n) is 2.49. The number of nitrogen functional groups attached to an aromatic ring is 1. The van der Waals surface area contributed by atoms with Gasteiger partial charge < -0.3 is 15.4 Å². The first kappa shape index (κ1) is 12.9. The maximum atomic E-state index is 5.58. The number of nitrogens with zero attached hydrogens (tertiary/aromatic N) is 2. The zero-order valence-corrected chi connectivity index (χ0v) is 10.1. The molecule has 90 valence electrons. The molecule has 0 saturated carbocycles. The Morgan fingerprint density at radius 1 is 1.38 bits per heavy atom. The largest absolute Gasteiger partial charge is 0.397 e. The number of likely N-dealkylation sites (N-methyl/N-ethyl adjacent to an activating group) is 1. The van der Waals surface area contributed by atoms with Crippen LogP contribution >= 0.6 is 0 Å². The van der Waals surface area contributed by atoms with Gasteiger partial charge in [0, 0.05) is 38.9 Å². The van der Waals surface area contributed by atoms with Crippen molar-refractivity contribution in [3.8, 4) is 0 Å². The molecule has 0 aliphatic heterocycles. The highest BCUT2D eigenvalue weighted by Crippen LogP contribution is 2.02. The second-order valence-corrected chi connectivity index (χ2v) is 3.98. The van der Waals surface area contributed by atoms with Crippen LogP contribution in [0.25, 0.3) is 0 Å². The first-order valence-electron chi connectivity index (χ1n) is 5.60. The van der Waals surface area contributed by atoms with Crippen molar-refractivity contribution in [1.29, 1.82) is 0 Å². The van der Waals surface area contributed by atoms with Gasteiger partial charge in [0.1, 0.15) is 0 Å². The average Bonchev–Trinajstić information content (AvgIpc) is 2.29. The van der Waals surface area contributed by atoms with Crippen LogP contribution < -0.4 is 5.73 Å². The Morgan fingerprint density at radius 2 is 2.19 bits per heavy atom. The van der Waals surface area contributed by atoms with E-state index >= 15 is 0 Å². The summed E-state index contributed by atoms with van der Waals surface area (Å²) in [7, 11) is 3.85. The summed E-state index contributed by atoms with van der Waals surface area (Å²) in [5, 5.41) is 0. The topological polar surface area (TPSA) is 51.4 Å². The number of anilines is 1. The molecule has 0 fully saturated rings. The summed E-state index contributed by atoms with van der Waals surface area (Å²) in [6, 6.07) is 3.88. The van der Waals surface area contributed by atoms with Gasteiger partial charge in [0.25, 0.3) is 0 Å². The quantitative estimate of drug-likeness (QED) is 0.705. The molecule has 0 aromatic carbocycles. The lowest BCUT2D eigenvalue weighted by Gasteiger charge is -2.15. The van der Waals surface area contributed by atoms with E-state index in [0.717, 1.165) is 43.9 Å². The molecule has 0 amide bonds. The van der Waals surface area contributed by atoms with Gasteiger partial charge in [-0.15, -0.1) is 0 Å². The van der Waals surface area contributed by atoms with Crippen molar-refractivity contribution in [2.75, 3.05) is 39.6 Å². The van der Waals surface area contributed by atoms with Crippen molar-refractivity contribution in [3.05, 3.63) is 24.0 Å². The summed E-state index contributed by atoms with van der Waals surface area (Å²) in [6.07, 6.45) is 3.74. The molecule has 0 bridgehead atoms. The molecule has 1 rings (SSSR count). The highest BCUT2D eigenvalue weighted by atomic mass is 16.5. The van der Waals surface area contributed by atoms with E-state index in [1.807, 2.05) is 12.1 Å². The van der Waals surface area contributed by atoms with Gasteiger partial charge >= 0.3 is 0 Å². The molecule has 0 unspecified atom stereocenters. The van der Waals surface area contributed by atoms with Crippen LogP contribution in [0.3, 0.4) is 0 Å². The van der Waals surface area contributed by atoms with Gasteiger partial charge in [0.2, 0.25) is 0 Å². The molecule has 0 spiro atoms. The SMILES string of the molecule is COCCCN(C)CCc1ccc(N)cn1. The maximum Gasteiger partial charge on any atom is 0.0501 e. The monoisotopic (exact) mass is 223 g/mol. The van der Waals surface area contributed by atoms with Gasteiger partial charge in [0.05, 0.1) is 11.9 Å². The number of hydrogen-bond acceptors (Lipinski definition) is 4. The standard InChI is InChI=1S/C12H21N3O/c1-15(7-3-9-16-2)8-6-12-5-4-11(13)10-14-12/h4-5,10H,3,6-9,13H2,1-2H3. The van der Waals surface area contributed by atoms with Crippen LogP contribution in [-0.2, 0) is 11.2 Å². The Balaban J connectivity index is 2.20. The molecule has 0 atom stereocenters. The molecule has 0 radical (unpaired) electrons. The Hall–Kier alpha value is -1.13. The van der Waals surface area contributed by atoms with Gasteiger partial charge in [0.15, 0.2) is 0 Å². The second kappa shape index (κ2) is 7.19. The molecule has 0 aliphatic carbocycles. The number of nitrogens with two attached hydrogens (primary N) is 1. The van der Waals surface area contributed by atoms with Crippen molar-refractivity contribution in [2.24, 2.45) is 0 Å². The van der Waals surface area contributed by atoms with E-state index in [9.17, 15) is 0 Å². The van der Waals surface area contributed by atoms with Crippen LogP contribution in [0.2, 0.25) is 0 Å². The Bertz CT molecular complexity index is 287. The third kappa shape index (κ3) is 5.09. The van der Waals surface area contributed by atoms with E-state index in [1.54, 1.807) is 13.3 Å². The summed E-state index contributed by atoms with van der Waals surface area (Å²) >= 11 is 0. The molecular weight excluding hydrogens is 202 g/mol. The minimum absolute atomic E-state index is 0.720. The molecule has 4 heteroatoms. The molecule has 0 aliphatic rings. The van der Waals surface area contributed by atoms with Gasteiger partial charge in [-0.1, -0.05) is 0 Å². The predicted octanol–water partition coefficient (Wildman–Crippen LogP) is 1.17. The second-order valence-electron chi connectivity index (χ2n) is 3.98. The molecule has 16 heavy (non-hydrogen) atoms. The minimum Gasteiger partial charge on any atom is -0.397 e. The zero-order valence-electron chi connectivity index (χ0n) is 10.1. The summed E-state index contributed by atoms with van der Waals surface area (Å²) in [5.74, 6) is 0. The molecular formula is C12H21N3O. The normalized spacial score (nSPS) is 10.9. The number of ether oxygens (including phenoxy) is 1. The average molecular weight is 223 g/mol. The highest BCUT2D eigenvalue weighted by Gasteiger charge is 2.00. The van der Waals surface area contributed by atoms with Crippen LogP contribution in [0.15, 0.2) is 18.3 Å². The first-order valence-corrected chi connectivity index (χ1v) is 5.60. The van der Waals surface area contributed by atoms with E-state index in [1.165, 1.54) is 0 Å². The fraction of sp³-hybridized carbons (Fsp3) is 0.583. The van der Waals surface area contributed by atoms with Crippen LogP contribution in [0.4, 0.5) is 5.69 Å². The first-order chi connectivity index (χ1) is 7.72. The molecule has 4 nitrogen and oxygen atoms in total. The maximum absolute atomic E-state index is 5.58.